The molecule has 0 spiro atoms. The first-order valence-corrected chi connectivity index (χ1v) is 9.82. The molecule has 0 amide bonds. The van der Waals surface area contributed by atoms with E-state index < -0.39 is 20.0 Å². The Morgan fingerprint density at radius 1 is 0.952 bits per heavy atom. The summed E-state index contributed by atoms with van der Waals surface area (Å²) in [6.07, 6.45) is 4.95. The summed E-state index contributed by atoms with van der Waals surface area (Å²) in [4.78, 5) is -0.00950. The second-order valence-corrected chi connectivity index (χ2v) is 8.89. The lowest BCUT2D eigenvalue weighted by atomic mass is 9.96. The van der Waals surface area contributed by atoms with Crippen molar-refractivity contribution < 1.29 is 16.8 Å². The predicted molar refractivity (Wildman–Crippen MR) is 79.6 cm³/mol. The van der Waals surface area contributed by atoms with Crippen molar-refractivity contribution in [1.29, 1.82) is 0 Å². The summed E-state index contributed by atoms with van der Waals surface area (Å²) in [5, 5.41) is 5.00. The van der Waals surface area contributed by atoms with Crippen molar-refractivity contribution in [2.24, 2.45) is 5.14 Å². The van der Waals surface area contributed by atoms with Gasteiger partial charge in [-0.2, -0.15) is 4.31 Å². The van der Waals surface area contributed by atoms with Crippen LogP contribution in [0.4, 0.5) is 0 Å². The van der Waals surface area contributed by atoms with E-state index in [0.717, 1.165) is 32.1 Å². The highest BCUT2D eigenvalue weighted by molar-refractivity contribution is 7.89. The molecule has 118 valence electrons. The average molecular weight is 332 g/mol. The fourth-order valence-electron chi connectivity index (χ4n) is 2.61. The summed E-state index contributed by atoms with van der Waals surface area (Å²) in [7, 11) is -5.84. The van der Waals surface area contributed by atoms with Crippen LogP contribution in [0.2, 0.25) is 0 Å². The standard InChI is InChI=1S/C13H20N2O4S2/c1-15(11-5-3-2-4-6-11)21(18,19)13-9-7-12(8-10-13)20(14,16)17/h7-11H,2-6H2,1H3,(H2,14,16,17). The Bertz CT molecular complexity index is 690. The van der Waals surface area contributed by atoms with Crippen LogP contribution in [-0.2, 0) is 20.0 Å². The van der Waals surface area contributed by atoms with Gasteiger partial charge in [0, 0.05) is 13.1 Å². The maximum absolute atomic E-state index is 12.5. The van der Waals surface area contributed by atoms with Gasteiger partial charge in [0.15, 0.2) is 0 Å². The summed E-state index contributed by atoms with van der Waals surface area (Å²) in [6, 6.07) is 5.03. The molecule has 1 aliphatic rings. The summed E-state index contributed by atoms with van der Waals surface area (Å²) < 4.78 is 48.9. The Morgan fingerprint density at radius 2 is 1.43 bits per heavy atom. The minimum absolute atomic E-state index is 0.0154. The molecule has 8 heteroatoms. The summed E-state index contributed by atoms with van der Waals surface area (Å²) in [5.74, 6) is 0. The molecule has 0 aromatic heterocycles. The number of rotatable bonds is 4. The van der Waals surface area contributed by atoms with Gasteiger partial charge in [0.2, 0.25) is 20.0 Å². The normalized spacial score (nSPS) is 18.0. The van der Waals surface area contributed by atoms with E-state index in [4.69, 9.17) is 5.14 Å². The lowest BCUT2D eigenvalue weighted by Crippen LogP contribution is -2.38. The lowest BCUT2D eigenvalue weighted by molar-refractivity contribution is 0.286. The number of nitrogens with zero attached hydrogens (tertiary/aromatic N) is 1. The van der Waals surface area contributed by atoms with Crippen molar-refractivity contribution in [3.8, 4) is 0 Å². The van der Waals surface area contributed by atoms with Gasteiger partial charge in [-0.05, 0) is 37.1 Å². The second-order valence-electron chi connectivity index (χ2n) is 5.33. The Balaban J connectivity index is 2.26. The number of hydrogen-bond donors (Lipinski definition) is 1. The quantitative estimate of drug-likeness (QED) is 0.898. The lowest BCUT2D eigenvalue weighted by Gasteiger charge is -2.30. The highest BCUT2D eigenvalue weighted by Gasteiger charge is 2.29. The molecule has 1 aromatic carbocycles. The van der Waals surface area contributed by atoms with Gasteiger partial charge in [0.05, 0.1) is 9.79 Å². The maximum Gasteiger partial charge on any atom is 0.243 e. The van der Waals surface area contributed by atoms with Gasteiger partial charge in [-0.1, -0.05) is 19.3 Å². The number of sulfonamides is 2. The monoisotopic (exact) mass is 332 g/mol. The first-order valence-electron chi connectivity index (χ1n) is 6.84. The van der Waals surface area contributed by atoms with Crippen molar-refractivity contribution in [3.05, 3.63) is 24.3 Å². The van der Waals surface area contributed by atoms with E-state index in [1.807, 2.05) is 0 Å². The van der Waals surface area contributed by atoms with E-state index in [2.05, 4.69) is 0 Å². The van der Waals surface area contributed by atoms with Crippen LogP contribution >= 0.6 is 0 Å². The third-order valence-electron chi connectivity index (χ3n) is 3.92. The predicted octanol–water partition coefficient (Wildman–Crippen LogP) is 1.29. The van der Waals surface area contributed by atoms with Gasteiger partial charge < -0.3 is 0 Å². The molecule has 2 rings (SSSR count). The first-order chi connectivity index (χ1) is 9.73. The van der Waals surface area contributed by atoms with E-state index in [9.17, 15) is 16.8 Å². The van der Waals surface area contributed by atoms with Crippen molar-refractivity contribution in [2.75, 3.05) is 7.05 Å². The summed E-state index contributed by atoms with van der Waals surface area (Å²) >= 11 is 0. The topological polar surface area (TPSA) is 97.5 Å². The zero-order valence-electron chi connectivity index (χ0n) is 11.9. The molecule has 0 unspecified atom stereocenters. The zero-order valence-corrected chi connectivity index (χ0v) is 13.5. The molecule has 1 saturated carbocycles. The molecule has 1 fully saturated rings. The minimum atomic E-state index is -3.81. The highest BCUT2D eigenvalue weighted by Crippen LogP contribution is 2.26. The molecule has 1 aromatic rings. The largest absolute Gasteiger partial charge is 0.243 e. The van der Waals surface area contributed by atoms with E-state index in [1.165, 1.54) is 28.6 Å². The molecule has 0 atom stereocenters. The van der Waals surface area contributed by atoms with Crippen molar-refractivity contribution in [1.82, 2.24) is 4.31 Å². The van der Waals surface area contributed by atoms with Gasteiger partial charge in [-0.3, -0.25) is 0 Å². The van der Waals surface area contributed by atoms with E-state index in [0.29, 0.717) is 0 Å². The van der Waals surface area contributed by atoms with Crippen LogP contribution in [0.3, 0.4) is 0 Å². The van der Waals surface area contributed by atoms with E-state index in [1.54, 1.807) is 7.05 Å². The van der Waals surface area contributed by atoms with Gasteiger partial charge in [0.25, 0.3) is 0 Å². The van der Waals surface area contributed by atoms with Crippen LogP contribution in [0.5, 0.6) is 0 Å². The minimum Gasteiger partial charge on any atom is -0.225 e. The van der Waals surface area contributed by atoms with Gasteiger partial charge in [0.1, 0.15) is 0 Å². The average Bonchev–Trinajstić information content (AvgIpc) is 2.46. The molecule has 0 saturated heterocycles. The molecule has 0 bridgehead atoms. The maximum atomic E-state index is 12.5. The molecule has 0 radical (unpaired) electrons. The van der Waals surface area contributed by atoms with Crippen LogP contribution < -0.4 is 5.14 Å². The molecule has 0 heterocycles. The Kier molecular flexibility index (Phi) is 4.72. The fourth-order valence-corrected chi connectivity index (χ4v) is 4.54. The van der Waals surface area contributed by atoms with Crippen LogP contribution in [-0.4, -0.2) is 34.2 Å². The molecule has 6 nitrogen and oxygen atoms in total. The van der Waals surface area contributed by atoms with Crippen LogP contribution in [0.25, 0.3) is 0 Å². The van der Waals surface area contributed by atoms with Gasteiger partial charge >= 0.3 is 0 Å². The van der Waals surface area contributed by atoms with Crippen molar-refractivity contribution in [2.45, 2.75) is 47.9 Å². The molecular weight excluding hydrogens is 312 g/mol. The Labute approximate surface area is 126 Å². The number of primary sulfonamides is 1. The number of hydrogen-bond acceptors (Lipinski definition) is 4. The summed E-state index contributed by atoms with van der Waals surface area (Å²) in [5.41, 5.74) is 0. The second kappa shape index (κ2) is 6.04. The Morgan fingerprint density at radius 3 is 1.90 bits per heavy atom. The molecule has 21 heavy (non-hydrogen) atoms. The fraction of sp³-hybridized carbons (Fsp3) is 0.538. The van der Waals surface area contributed by atoms with Crippen LogP contribution in [0.15, 0.2) is 34.1 Å². The Hall–Kier alpha value is -0.960. The van der Waals surface area contributed by atoms with E-state index >= 15 is 0 Å². The SMILES string of the molecule is CN(C1CCCCC1)S(=O)(=O)c1ccc(S(N)(=O)=O)cc1. The first kappa shape index (κ1) is 16.4. The molecule has 2 N–H and O–H groups in total. The van der Waals surface area contributed by atoms with Gasteiger partial charge in [-0.25, -0.2) is 22.0 Å². The zero-order chi connectivity index (χ0) is 15.7. The molecule has 1 aliphatic carbocycles. The summed E-state index contributed by atoms with van der Waals surface area (Å²) in [6.45, 7) is 0. The van der Waals surface area contributed by atoms with Crippen LogP contribution in [0, 0.1) is 0 Å². The van der Waals surface area contributed by atoms with Crippen molar-refractivity contribution in [3.63, 3.8) is 0 Å². The smallest absolute Gasteiger partial charge is 0.225 e. The molecular formula is C13H20N2O4S2. The van der Waals surface area contributed by atoms with Gasteiger partial charge in [-0.15, -0.1) is 0 Å². The number of benzene rings is 1. The highest BCUT2D eigenvalue weighted by atomic mass is 32.2. The van der Waals surface area contributed by atoms with Crippen molar-refractivity contribution >= 4 is 20.0 Å². The molecule has 0 aliphatic heterocycles. The third-order valence-corrected chi connectivity index (χ3v) is 6.77. The van der Waals surface area contributed by atoms with Crippen LogP contribution in [0.1, 0.15) is 32.1 Å². The van der Waals surface area contributed by atoms with E-state index in [-0.39, 0.29) is 15.8 Å². The number of nitrogens with two attached hydrogens (primary N) is 1. The third kappa shape index (κ3) is 3.63.